The number of carbonyl (C=O) groups is 1. The zero-order valence-electron chi connectivity index (χ0n) is 15.8. The standard InChI is InChI=1S/C22H21FN2O3/c1-25(2)22(11-14-5-3-4-6-15(14)12-22)13-24-21(27)20-10-18(26)17-8-7-16(23)9-19(17)28-20/h3-10H,11-13H2,1-2H3,(H,24,27). The molecule has 1 aliphatic rings. The lowest BCUT2D eigenvalue weighted by Crippen LogP contribution is -2.53. The van der Waals surface area contributed by atoms with Crippen molar-refractivity contribution in [2.24, 2.45) is 0 Å². The number of nitrogens with one attached hydrogen (secondary N) is 1. The largest absolute Gasteiger partial charge is 0.451 e. The number of nitrogens with zero attached hydrogens (tertiary/aromatic N) is 1. The first-order chi connectivity index (χ1) is 13.4. The van der Waals surface area contributed by atoms with Gasteiger partial charge < -0.3 is 14.6 Å². The smallest absolute Gasteiger partial charge is 0.287 e. The Hall–Kier alpha value is -2.99. The first kappa shape index (κ1) is 18.4. The van der Waals surface area contributed by atoms with Crippen LogP contribution in [0, 0.1) is 5.82 Å². The normalized spacial score (nSPS) is 15.0. The van der Waals surface area contributed by atoms with Gasteiger partial charge in [-0.1, -0.05) is 24.3 Å². The van der Waals surface area contributed by atoms with Crippen LogP contribution in [-0.2, 0) is 12.8 Å². The van der Waals surface area contributed by atoms with Crippen LogP contribution < -0.4 is 10.7 Å². The Morgan fingerprint density at radius 1 is 1.14 bits per heavy atom. The highest BCUT2D eigenvalue weighted by atomic mass is 19.1. The van der Waals surface area contributed by atoms with Crippen molar-refractivity contribution in [3.05, 3.63) is 81.5 Å². The Morgan fingerprint density at radius 2 is 1.82 bits per heavy atom. The predicted molar refractivity (Wildman–Crippen MR) is 105 cm³/mol. The van der Waals surface area contributed by atoms with E-state index >= 15 is 0 Å². The number of fused-ring (bicyclic) bond motifs is 2. The second-order valence-corrected chi connectivity index (χ2v) is 7.54. The van der Waals surface area contributed by atoms with Gasteiger partial charge in [-0.25, -0.2) is 4.39 Å². The Morgan fingerprint density at radius 3 is 2.46 bits per heavy atom. The van der Waals surface area contributed by atoms with Gasteiger partial charge in [0.1, 0.15) is 11.4 Å². The third-order valence-corrected chi connectivity index (χ3v) is 5.60. The fraction of sp³-hybridized carbons (Fsp3) is 0.273. The molecular formula is C22H21FN2O3. The first-order valence-electron chi connectivity index (χ1n) is 9.14. The summed E-state index contributed by atoms with van der Waals surface area (Å²) in [7, 11) is 3.99. The van der Waals surface area contributed by atoms with E-state index in [1.165, 1.54) is 23.3 Å². The summed E-state index contributed by atoms with van der Waals surface area (Å²) >= 11 is 0. The third-order valence-electron chi connectivity index (χ3n) is 5.60. The molecule has 0 saturated heterocycles. The number of benzene rings is 2. The van der Waals surface area contributed by atoms with E-state index in [0.29, 0.717) is 6.54 Å². The molecule has 5 nitrogen and oxygen atoms in total. The molecule has 1 N–H and O–H groups in total. The van der Waals surface area contributed by atoms with Crippen LogP contribution in [0.2, 0.25) is 0 Å². The molecule has 2 aromatic carbocycles. The van der Waals surface area contributed by atoms with Gasteiger partial charge in [-0.15, -0.1) is 0 Å². The van der Waals surface area contributed by atoms with Gasteiger partial charge >= 0.3 is 0 Å². The molecule has 6 heteroatoms. The van der Waals surface area contributed by atoms with Crippen LogP contribution in [0.25, 0.3) is 11.0 Å². The molecule has 3 aromatic rings. The average Bonchev–Trinajstić information content (AvgIpc) is 3.05. The minimum absolute atomic E-state index is 0.0632. The molecule has 0 fully saturated rings. The molecule has 0 aliphatic heterocycles. The molecule has 0 atom stereocenters. The second kappa shape index (κ2) is 6.87. The van der Waals surface area contributed by atoms with Crippen molar-refractivity contribution in [2.45, 2.75) is 18.4 Å². The Bertz CT molecular complexity index is 1100. The van der Waals surface area contributed by atoms with E-state index in [0.717, 1.165) is 25.0 Å². The highest BCUT2D eigenvalue weighted by Gasteiger charge is 2.39. The molecule has 1 heterocycles. The molecule has 144 valence electrons. The van der Waals surface area contributed by atoms with Gasteiger partial charge in [0.25, 0.3) is 5.91 Å². The maximum atomic E-state index is 13.5. The highest BCUT2D eigenvalue weighted by molar-refractivity contribution is 5.93. The Labute approximate surface area is 161 Å². The molecule has 0 radical (unpaired) electrons. The van der Waals surface area contributed by atoms with Crippen molar-refractivity contribution in [3.8, 4) is 0 Å². The second-order valence-electron chi connectivity index (χ2n) is 7.54. The summed E-state index contributed by atoms with van der Waals surface area (Å²) in [5, 5.41) is 3.14. The van der Waals surface area contributed by atoms with Crippen LogP contribution in [0.5, 0.6) is 0 Å². The van der Waals surface area contributed by atoms with Crippen molar-refractivity contribution in [1.82, 2.24) is 10.2 Å². The first-order valence-corrected chi connectivity index (χ1v) is 9.14. The van der Waals surface area contributed by atoms with Crippen molar-refractivity contribution in [1.29, 1.82) is 0 Å². The number of likely N-dealkylation sites (N-methyl/N-ethyl adjacent to an activating group) is 1. The molecule has 28 heavy (non-hydrogen) atoms. The Balaban J connectivity index is 1.57. The van der Waals surface area contributed by atoms with Gasteiger partial charge in [-0.05, 0) is 50.2 Å². The minimum atomic E-state index is -0.525. The zero-order valence-corrected chi connectivity index (χ0v) is 15.8. The highest BCUT2D eigenvalue weighted by Crippen LogP contribution is 2.33. The SMILES string of the molecule is CN(C)C1(CNC(=O)c2cc(=O)c3ccc(F)cc3o2)Cc2ccccc2C1. The van der Waals surface area contributed by atoms with E-state index in [4.69, 9.17) is 4.42 Å². The van der Waals surface area contributed by atoms with Crippen LogP contribution in [0.1, 0.15) is 21.7 Å². The summed E-state index contributed by atoms with van der Waals surface area (Å²) in [5.41, 5.74) is 1.99. The van der Waals surface area contributed by atoms with Crippen LogP contribution in [0.3, 0.4) is 0 Å². The summed E-state index contributed by atoms with van der Waals surface area (Å²) in [6.45, 7) is 0.401. The maximum absolute atomic E-state index is 13.5. The molecule has 0 spiro atoms. The van der Waals surface area contributed by atoms with Crippen molar-refractivity contribution >= 4 is 16.9 Å². The monoisotopic (exact) mass is 380 g/mol. The summed E-state index contributed by atoms with van der Waals surface area (Å²) < 4.78 is 18.9. The van der Waals surface area contributed by atoms with Gasteiger partial charge in [0.2, 0.25) is 0 Å². The number of amides is 1. The van der Waals surface area contributed by atoms with Gasteiger partial charge in [-0.3, -0.25) is 9.59 Å². The van der Waals surface area contributed by atoms with Crippen LogP contribution in [-0.4, -0.2) is 37.0 Å². The average molecular weight is 380 g/mol. The van der Waals surface area contributed by atoms with Crippen molar-refractivity contribution in [3.63, 3.8) is 0 Å². The topological polar surface area (TPSA) is 62.6 Å². The van der Waals surface area contributed by atoms with Crippen LogP contribution in [0.15, 0.2) is 57.7 Å². The number of hydrogen-bond donors (Lipinski definition) is 1. The van der Waals surface area contributed by atoms with Gasteiger partial charge in [0, 0.05) is 24.2 Å². The zero-order chi connectivity index (χ0) is 19.9. The molecule has 0 saturated carbocycles. The molecule has 0 unspecified atom stereocenters. The van der Waals surface area contributed by atoms with E-state index in [1.54, 1.807) is 0 Å². The lowest BCUT2D eigenvalue weighted by Gasteiger charge is -2.36. The lowest BCUT2D eigenvalue weighted by molar-refractivity contribution is 0.0876. The lowest BCUT2D eigenvalue weighted by atomic mass is 9.94. The number of hydrogen-bond acceptors (Lipinski definition) is 4. The van der Waals surface area contributed by atoms with E-state index < -0.39 is 11.7 Å². The van der Waals surface area contributed by atoms with Crippen LogP contribution in [0.4, 0.5) is 4.39 Å². The fourth-order valence-corrected chi connectivity index (χ4v) is 3.85. The predicted octanol–water partition coefficient (Wildman–Crippen LogP) is 2.76. The summed E-state index contributed by atoms with van der Waals surface area (Å²) in [6.07, 6.45) is 1.65. The fourth-order valence-electron chi connectivity index (χ4n) is 3.85. The number of rotatable bonds is 4. The van der Waals surface area contributed by atoms with Crippen LogP contribution >= 0.6 is 0 Å². The van der Waals surface area contributed by atoms with Crippen molar-refractivity contribution < 1.29 is 13.6 Å². The van der Waals surface area contributed by atoms with E-state index in [9.17, 15) is 14.0 Å². The molecular weight excluding hydrogens is 359 g/mol. The quantitative estimate of drug-likeness (QED) is 0.756. The molecule has 1 amide bonds. The molecule has 0 bridgehead atoms. The summed E-state index contributed by atoms with van der Waals surface area (Å²) in [6, 6.07) is 13.1. The summed E-state index contributed by atoms with van der Waals surface area (Å²) in [5.74, 6) is -1.13. The molecule has 1 aliphatic carbocycles. The van der Waals surface area contributed by atoms with E-state index in [-0.39, 0.29) is 27.7 Å². The van der Waals surface area contributed by atoms with Gasteiger partial charge in [0.15, 0.2) is 11.2 Å². The van der Waals surface area contributed by atoms with Gasteiger partial charge in [-0.2, -0.15) is 0 Å². The molecule has 4 rings (SSSR count). The number of carbonyl (C=O) groups excluding carboxylic acids is 1. The van der Waals surface area contributed by atoms with E-state index in [1.807, 2.05) is 26.2 Å². The molecule has 1 aromatic heterocycles. The van der Waals surface area contributed by atoms with Crippen molar-refractivity contribution in [2.75, 3.05) is 20.6 Å². The van der Waals surface area contributed by atoms with E-state index in [2.05, 4.69) is 22.3 Å². The maximum Gasteiger partial charge on any atom is 0.287 e. The Kier molecular flexibility index (Phi) is 4.51. The van der Waals surface area contributed by atoms with Gasteiger partial charge in [0.05, 0.1) is 5.39 Å². The number of halogens is 1. The third kappa shape index (κ3) is 3.20. The summed E-state index contributed by atoms with van der Waals surface area (Å²) in [4.78, 5) is 27.0. The minimum Gasteiger partial charge on any atom is -0.451 e.